The molecule has 0 spiro atoms. The smallest absolute Gasteiger partial charge is 0.258 e. The number of nitrogens with zero attached hydrogens (tertiary/aromatic N) is 1. The lowest BCUT2D eigenvalue weighted by molar-refractivity contribution is -0.141. The maximum absolute atomic E-state index is 13.0. The second-order valence-electron chi connectivity index (χ2n) is 7.85. The summed E-state index contributed by atoms with van der Waals surface area (Å²) in [6, 6.07) is 6.75. The number of ether oxygens (including phenoxy) is 2. The van der Waals surface area contributed by atoms with E-state index in [0.29, 0.717) is 23.7 Å². The number of likely N-dealkylation sites (tertiary alicyclic amines) is 1. The summed E-state index contributed by atoms with van der Waals surface area (Å²) in [4.78, 5) is 50.2. The van der Waals surface area contributed by atoms with Crippen molar-refractivity contribution in [1.29, 1.82) is 0 Å². The number of hydrogen-bond acceptors (Lipinski definition) is 6. The third-order valence-corrected chi connectivity index (χ3v) is 5.81. The van der Waals surface area contributed by atoms with Gasteiger partial charge >= 0.3 is 0 Å². The van der Waals surface area contributed by atoms with Crippen molar-refractivity contribution >= 4 is 35.2 Å². The van der Waals surface area contributed by atoms with Gasteiger partial charge in [-0.3, -0.25) is 24.5 Å². The van der Waals surface area contributed by atoms with E-state index in [1.54, 1.807) is 29.2 Å². The highest BCUT2D eigenvalue weighted by atomic mass is 35.5. The summed E-state index contributed by atoms with van der Waals surface area (Å²) >= 11 is 5.91. The van der Waals surface area contributed by atoms with Crippen LogP contribution < -0.4 is 15.4 Å². The SMILES string of the molecule is COCC1(CNC(=O)COc2cccc(Cl)c2)CCCN1C(=O)CC1CC(=O)NC1=O. The number of carbonyl (C=O) groups excluding carboxylic acids is 4. The lowest BCUT2D eigenvalue weighted by Crippen LogP contribution is -2.57. The molecule has 0 aliphatic carbocycles. The zero-order chi connectivity index (χ0) is 22.4. The molecule has 2 atom stereocenters. The largest absolute Gasteiger partial charge is 0.484 e. The third-order valence-electron chi connectivity index (χ3n) is 5.58. The first-order chi connectivity index (χ1) is 14.8. The van der Waals surface area contributed by atoms with Gasteiger partial charge in [0.05, 0.1) is 18.1 Å². The Balaban J connectivity index is 1.58. The zero-order valence-corrected chi connectivity index (χ0v) is 18.1. The lowest BCUT2D eigenvalue weighted by atomic mass is 9.95. The molecule has 9 nitrogen and oxygen atoms in total. The highest BCUT2D eigenvalue weighted by Gasteiger charge is 2.45. The number of rotatable bonds is 9. The van der Waals surface area contributed by atoms with E-state index in [4.69, 9.17) is 21.1 Å². The maximum atomic E-state index is 13.0. The van der Waals surface area contributed by atoms with Crippen LogP contribution in [0.1, 0.15) is 25.7 Å². The normalized spacial score (nSPS) is 23.0. The second kappa shape index (κ2) is 10.1. The first-order valence-corrected chi connectivity index (χ1v) is 10.5. The third kappa shape index (κ3) is 5.74. The highest BCUT2D eigenvalue weighted by Crippen LogP contribution is 2.31. The van der Waals surface area contributed by atoms with Gasteiger partial charge in [-0.05, 0) is 31.0 Å². The Hall–Kier alpha value is -2.65. The summed E-state index contributed by atoms with van der Waals surface area (Å²) in [5.74, 6) is -1.51. The van der Waals surface area contributed by atoms with E-state index < -0.39 is 17.4 Å². The number of nitrogens with one attached hydrogen (secondary N) is 2. The maximum Gasteiger partial charge on any atom is 0.258 e. The van der Waals surface area contributed by atoms with E-state index in [1.165, 1.54) is 7.11 Å². The van der Waals surface area contributed by atoms with Crippen LogP contribution in [0.3, 0.4) is 0 Å². The molecule has 2 aliphatic rings. The van der Waals surface area contributed by atoms with E-state index in [0.717, 1.165) is 6.42 Å². The number of methoxy groups -OCH3 is 1. The van der Waals surface area contributed by atoms with Crippen LogP contribution in [0.25, 0.3) is 0 Å². The van der Waals surface area contributed by atoms with Crippen molar-refractivity contribution in [2.45, 2.75) is 31.2 Å². The molecule has 0 aromatic heterocycles. The van der Waals surface area contributed by atoms with Gasteiger partial charge in [0, 0.05) is 38.1 Å². The average molecular weight is 452 g/mol. The molecule has 0 bridgehead atoms. The lowest BCUT2D eigenvalue weighted by Gasteiger charge is -2.38. The van der Waals surface area contributed by atoms with Gasteiger partial charge in [0.2, 0.25) is 17.7 Å². The van der Waals surface area contributed by atoms with Crippen LogP contribution in [0.15, 0.2) is 24.3 Å². The predicted octanol–water partition coefficient (Wildman–Crippen LogP) is 0.895. The van der Waals surface area contributed by atoms with Crippen molar-refractivity contribution in [3.63, 3.8) is 0 Å². The van der Waals surface area contributed by atoms with Gasteiger partial charge < -0.3 is 19.7 Å². The molecule has 2 unspecified atom stereocenters. The van der Waals surface area contributed by atoms with E-state index >= 15 is 0 Å². The van der Waals surface area contributed by atoms with E-state index in [-0.39, 0.29) is 50.3 Å². The van der Waals surface area contributed by atoms with E-state index in [1.807, 2.05) is 0 Å². The van der Waals surface area contributed by atoms with Crippen LogP contribution in [0.2, 0.25) is 5.02 Å². The van der Waals surface area contributed by atoms with Crippen LogP contribution in [-0.2, 0) is 23.9 Å². The Morgan fingerprint density at radius 3 is 2.84 bits per heavy atom. The van der Waals surface area contributed by atoms with Crippen molar-refractivity contribution in [1.82, 2.24) is 15.5 Å². The fraction of sp³-hybridized carbons (Fsp3) is 0.524. The van der Waals surface area contributed by atoms with Crippen LogP contribution in [0.5, 0.6) is 5.75 Å². The molecule has 2 heterocycles. The van der Waals surface area contributed by atoms with Crippen molar-refractivity contribution in [3.05, 3.63) is 29.3 Å². The Bertz CT molecular complexity index is 863. The molecule has 2 saturated heterocycles. The summed E-state index contributed by atoms with van der Waals surface area (Å²) in [5.41, 5.74) is -0.712. The molecule has 4 amide bonds. The number of carbonyl (C=O) groups is 4. The van der Waals surface area contributed by atoms with Crippen molar-refractivity contribution in [2.75, 3.05) is 33.4 Å². The Morgan fingerprint density at radius 1 is 1.35 bits per heavy atom. The highest BCUT2D eigenvalue weighted by molar-refractivity contribution is 6.30. The van der Waals surface area contributed by atoms with Gasteiger partial charge in [-0.15, -0.1) is 0 Å². The fourth-order valence-electron chi connectivity index (χ4n) is 4.09. The molecule has 2 aliphatic heterocycles. The summed E-state index contributed by atoms with van der Waals surface area (Å²) in [5, 5.41) is 5.56. The standard InChI is InChI=1S/C21H26ClN3O6/c1-30-13-21(12-23-18(27)11-31-16-5-2-4-15(22)10-16)6-3-7-25(21)19(28)9-14-8-17(26)24-20(14)29/h2,4-5,10,14H,3,6-9,11-13H2,1H3,(H,23,27)(H,24,26,29). The molecule has 2 fully saturated rings. The van der Waals surface area contributed by atoms with E-state index in [2.05, 4.69) is 10.6 Å². The minimum Gasteiger partial charge on any atom is -0.484 e. The van der Waals surface area contributed by atoms with Crippen LogP contribution in [0.4, 0.5) is 0 Å². The topological polar surface area (TPSA) is 114 Å². The molecule has 31 heavy (non-hydrogen) atoms. The molecule has 168 valence electrons. The minimum atomic E-state index is -0.712. The number of halogens is 1. The van der Waals surface area contributed by atoms with Crippen LogP contribution in [0, 0.1) is 5.92 Å². The minimum absolute atomic E-state index is 0.0211. The number of amides is 4. The van der Waals surface area contributed by atoms with Crippen molar-refractivity contribution in [3.8, 4) is 5.75 Å². The van der Waals surface area contributed by atoms with Gasteiger partial charge in [0.1, 0.15) is 5.75 Å². The van der Waals surface area contributed by atoms with Gasteiger partial charge in [-0.2, -0.15) is 0 Å². The fourth-order valence-corrected chi connectivity index (χ4v) is 4.27. The molecule has 1 aromatic carbocycles. The summed E-state index contributed by atoms with van der Waals surface area (Å²) in [7, 11) is 1.54. The van der Waals surface area contributed by atoms with Gasteiger partial charge in [-0.1, -0.05) is 17.7 Å². The monoisotopic (exact) mass is 451 g/mol. The molecular weight excluding hydrogens is 426 g/mol. The molecule has 10 heteroatoms. The Morgan fingerprint density at radius 2 is 2.16 bits per heavy atom. The number of hydrogen-bond donors (Lipinski definition) is 2. The Labute approximate surface area is 185 Å². The Kier molecular flexibility index (Phi) is 7.50. The number of benzene rings is 1. The first-order valence-electron chi connectivity index (χ1n) is 10.1. The average Bonchev–Trinajstić information content (AvgIpc) is 3.28. The molecular formula is C21H26ClN3O6. The number of imide groups is 1. The van der Waals surface area contributed by atoms with Crippen LogP contribution in [-0.4, -0.2) is 67.5 Å². The molecule has 3 rings (SSSR count). The summed E-state index contributed by atoms with van der Waals surface area (Å²) in [6.45, 7) is 0.741. The predicted molar refractivity (Wildman–Crippen MR) is 111 cm³/mol. The van der Waals surface area contributed by atoms with Crippen molar-refractivity contribution in [2.24, 2.45) is 5.92 Å². The summed E-state index contributed by atoms with van der Waals surface area (Å²) < 4.78 is 10.8. The molecule has 1 aromatic rings. The van der Waals surface area contributed by atoms with E-state index in [9.17, 15) is 19.2 Å². The second-order valence-corrected chi connectivity index (χ2v) is 8.28. The zero-order valence-electron chi connectivity index (χ0n) is 17.3. The molecule has 2 N–H and O–H groups in total. The van der Waals surface area contributed by atoms with Crippen molar-refractivity contribution < 1.29 is 28.7 Å². The van der Waals surface area contributed by atoms with Gasteiger partial charge in [0.15, 0.2) is 6.61 Å². The first kappa shape index (κ1) is 23.0. The molecule has 0 saturated carbocycles. The van der Waals surface area contributed by atoms with Gasteiger partial charge in [-0.25, -0.2) is 0 Å². The van der Waals surface area contributed by atoms with Crippen LogP contribution >= 0.6 is 11.6 Å². The molecule has 0 radical (unpaired) electrons. The summed E-state index contributed by atoms with van der Waals surface area (Å²) in [6.07, 6.45) is 1.37. The van der Waals surface area contributed by atoms with Gasteiger partial charge in [0.25, 0.3) is 5.91 Å². The quantitative estimate of drug-likeness (QED) is 0.539.